The minimum Gasteiger partial charge on any atom is -0.378 e. The standard InChI is InChI=1S/C16H26N2O2/c1-2-20-14-9-13(10-14)11-15(19)18-16(12-17)7-5-3-4-6-8-16/h13-14H,2-11H2,1H3,(H,18,19). The second kappa shape index (κ2) is 7.08. The summed E-state index contributed by atoms with van der Waals surface area (Å²) in [7, 11) is 0. The van der Waals surface area contributed by atoms with E-state index in [2.05, 4.69) is 11.4 Å². The highest BCUT2D eigenvalue weighted by atomic mass is 16.5. The molecule has 0 heterocycles. The first-order chi connectivity index (χ1) is 9.67. The van der Waals surface area contributed by atoms with Crippen LogP contribution in [0.15, 0.2) is 0 Å². The summed E-state index contributed by atoms with van der Waals surface area (Å²) >= 11 is 0. The van der Waals surface area contributed by atoms with Gasteiger partial charge < -0.3 is 10.1 Å². The summed E-state index contributed by atoms with van der Waals surface area (Å²) in [6.07, 6.45) is 8.93. The highest BCUT2D eigenvalue weighted by Gasteiger charge is 2.35. The zero-order valence-corrected chi connectivity index (χ0v) is 12.5. The van der Waals surface area contributed by atoms with E-state index in [-0.39, 0.29) is 5.91 Å². The smallest absolute Gasteiger partial charge is 0.221 e. The van der Waals surface area contributed by atoms with Crippen LogP contribution < -0.4 is 5.32 Å². The Hall–Kier alpha value is -1.08. The summed E-state index contributed by atoms with van der Waals surface area (Å²) in [5, 5.41) is 12.5. The number of carbonyl (C=O) groups excluding carboxylic acids is 1. The fraction of sp³-hybridized carbons (Fsp3) is 0.875. The molecule has 2 saturated carbocycles. The van der Waals surface area contributed by atoms with Crippen molar-refractivity contribution in [2.45, 2.75) is 76.4 Å². The van der Waals surface area contributed by atoms with E-state index < -0.39 is 5.54 Å². The highest BCUT2D eigenvalue weighted by molar-refractivity contribution is 5.77. The van der Waals surface area contributed by atoms with Crippen LogP contribution in [0, 0.1) is 17.2 Å². The van der Waals surface area contributed by atoms with Crippen molar-refractivity contribution in [3.63, 3.8) is 0 Å². The second-order valence-corrected chi connectivity index (χ2v) is 6.28. The largest absolute Gasteiger partial charge is 0.378 e. The van der Waals surface area contributed by atoms with Crippen molar-refractivity contribution >= 4 is 5.91 Å². The second-order valence-electron chi connectivity index (χ2n) is 6.28. The molecule has 2 fully saturated rings. The molecule has 20 heavy (non-hydrogen) atoms. The predicted octanol–water partition coefficient (Wildman–Crippen LogP) is 2.92. The van der Waals surface area contributed by atoms with Crippen molar-refractivity contribution in [1.82, 2.24) is 5.32 Å². The molecule has 0 spiro atoms. The molecule has 0 bridgehead atoms. The Bertz CT molecular complexity index is 361. The topological polar surface area (TPSA) is 62.1 Å². The summed E-state index contributed by atoms with van der Waals surface area (Å²) in [4.78, 5) is 12.2. The minimum atomic E-state index is -0.601. The lowest BCUT2D eigenvalue weighted by Crippen LogP contribution is -2.48. The Morgan fingerprint density at radius 2 is 1.95 bits per heavy atom. The Morgan fingerprint density at radius 1 is 1.30 bits per heavy atom. The number of hydrogen-bond acceptors (Lipinski definition) is 3. The van der Waals surface area contributed by atoms with E-state index in [1.165, 1.54) is 12.8 Å². The van der Waals surface area contributed by atoms with Gasteiger partial charge in [-0.25, -0.2) is 0 Å². The summed E-state index contributed by atoms with van der Waals surface area (Å²) in [6.45, 7) is 2.75. The number of carbonyl (C=O) groups is 1. The maximum Gasteiger partial charge on any atom is 0.221 e. The number of nitrogens with zero attached hydrogens (tertiary/aromatic N) is 1. The van der Waals surface area contributed by atoms with E-state index >= 15 is 0 Å². The summed E-state index contributed by atoms with van der Waals surface area (Å²) in [6, 6.07) is 2.37. The van der Waals surface area contributed by atoms with Crippen molar-refractivity contribution < 1.29 is 9.53 Å². The van der Waals surface area contributed by atoms with Gasteiger partial charge in [0.05, 0.1) is 12.2 Å². The molecule has 2 aliphatic rings. The van der Waals surface area contributed by atoms with Gasteiger partial charge in [-0.2, -0.15) is 5.26 Å². The third-order valence-corrected chi connectivity index (χ3v) is 4.62. The molecule has 0 radical (unpaired) electrons. The van der Waals surface area contributed by atoms with Crippen LogP contribution in [-0.4, -0.2) is 24.2 Å². The first kappa shape index (κ1) is 15.3. The van der Waals surface area contributed by atoms with E-state index in [0.29, 0.717) is 18.4 Å². The van der Waals surface area contributed by atoms with Crippen LogP contribution in [0.2, 0.25) is 0 Å². The number of rotatable bonds is 5. The molecule has 2 rings (SSSR count). The third-order valence-electron chi connectivity index (χ3n) is 4.62. The highest BCUT2D eigenvalue weighted by Crippen LogP contribution is 2.33. The van der Waals surface area contributed by atoms with Gasteiger partial charge >= 0.3 is 0 Å². The van der Waals surface area contributed by atoms with Gasteiger partial charge in [0.2, 0.25) is 5.91 Å². The van der Waals surface area contributed by atoms with Crippen molar-refractivity contribution in [2.24, 2.45) is 5.92 Å². The van der Waals surface area contributed by atoms with Crippen molar-refractivity contribution in [3.05, 3.63) is 0 Å². The maximum absolute atomic E-state index is 12.2. The van der Waals surface area contributed by atoms with Gasteiger partial charge in [-0.3, -0.25) is 4.79 Å². The lowest BCUT2D eigenvalue weighted by atomic mass is 9.79. The molecule has 4 heteroatoms. The van der Waals surface area contributed by atoms with Crippen molar-refractivity contribution in [3.8, 4) is 6.07 Å². The van der Waals surface area contributed by atoms with Crippen molar-refractivity contribution in [1.29, 1.82) is 5.26 Å². The molecule has 0 atom stereocenters. The van der Waals surface area contributed by atoms with Gasteiger partial charge in [-0.1, -0.05) is 25.7 Å². The van der Waals surface area contributed by atoms with E-state index in [4.69, 9.17) is 4.74 Å². The maximum atomic E-state index is 12.2. The van der Waals surface area contributed by atoms with E-state index in [0.717, 1.165) is 45.1 Å². The van der Waals surface area contributed by atoms with Gasteiger partial charge in [0.15, 0.2) is 0 Å². The molecule has 0 unspecified atom stereocenters. The van der Waals surface area contributed by atoms with Gasteiger partial charge in [0.25, 0.3) is 0 Å². The molecule has 0 aromatic rings. The lowest BCUT2D eigenvalue weighted by Gasteiger charge is -2.35. The van der Waals surface area contributed by atoms with Crippen LogP contribution in [-0.2, 0) is 9.53 Å². The van der Waals surface area contributed by atoms with Gasteiger partial charge in [0, 0.05) is 13.0 Å². The number of nitriles is 1. The Labute approximate surface area is 121 Å². The third kappa shape index (κ3) is 3.96. The fourth-order valence-corrected chi connectivity index (χ4v) is 3.39. The normalized spacial score (nSPS) is 28.8. The molecule has 1 amide bonds. The molecule has 1 N–H and O–H groups in total. The minimum absolute atomic E-state index is 0.0494. The molecule has 112 valence electrons. The predicted molar refractivity (Wildman–Crippen MR) is 76.9 cm³/mol. The fourth-order valence-electron chi connectivity index (χ4n) is 3.39. The first-order valence-electron chi connectivity index (χ1n) is 8.01. The van der Waals surface area contributed by atoms with Crippen LogP contribution in [0.4, 0.5) is 0 Å². The molecule has 2 aliphatic carbocycles. The Kier molecular flexibility index (Phi) is 5.42. The SMILES string of the molecule is CCOC1CC(CC(=O)NC2(C#N)CCCCCC2)C1. The van der Waals surface area contributed by atoms with E-state index in [9.17, 15) is 10.1 Å². The van der Waals surface area contributed by atoms with E-state index in [1.807, 2.05) is 6.92 Å². The Balaban J connectivity index is 1.77. The van der Waals surface area contributed by atoms with Crippen LogP contribution in [0.3, 0.4) is 0 Å². The number of ether oxygens (including phenoxy) is 1. The van der Waals surface area contributed by atoms with Crippen LogP contribution in [0.25, 0.3) is 0 Å². The van der Waals surface area contributed by atoms with Crippen molar-refractivity contribution in [2.75, 3.05) is 6.61 Å². The molecule has 4 nitrogen and oxygen atoms in total. The monoisotopic (exact) mass is 278 g/mol. The molecular weight excluding hydrogens is 252 g/mol. The number of amides is 1. The summed E-state index contributed by atoms with van der Waals surface area (Å²) in [5.74, 6) is 0.487. The average Bonchev–Trinajstić information content (AvgIpc) is 2.62. The van der Waals surface area contributed by atoms with Crippen LogP contribution in [0.1, 0.15) is 64.7 Å². The van der Waals surface area contributed by atoms with E-state index in [1.54, 1.807) is 0 Å². The first-order valence-corrected chi connectivity index (χ1v) is 8.01. The quantitative estimate of drug-likeness (QED) is 0.786. The molecule has 0 saturated heterocycles. The lowest BCUT2D eigenvalue weighted by molar-refractivity contribution is -0.125. The average molecular weight is 278 g/mol. The van der Waals surface area contributed by atoms with Gasteiger partial charge in [0.1, 0.15) is 5.54 Å². The van der Waals surface area contributed by atoms with Gasteiger partial charge in [-0.15, -0.1) is 0 Å². The molecule has 0 aromatic carbocycles. The molecule has 0 aromatic heterocycles. The Morgan fingerprint density at radius 3 is 2.50 bits per heavy atom. The van der Waals surface area contributed by atoms with Gasteiger partial charge in [-0.05, 0) is 38.5 Å². The van der Waals surface area contributed by atoms with Crippen LogP contribution in [0.5, 0.6) is 0 Å². The molecule has 0 aliphatic heterocycles. The summed E-state index contributed by atoms with van der Waals surface area (Å²) < 4.78 is 5.51. The molecular formula is C16H26N2O2. The number of nitrogens with one attached hydrogen (secondary N) is 1. The zero-order valence-electron chi connectivity index (χ0n) is 12.5. The zero-order chi connectivity index (χ0) is 14.4. The number of hydrogen-bond donors (Lipinski definition) is 1. The summed E-state index contributed by atoms with van der Waals surface area (Å²) in [5.41, 5.74) is -0.601. The van der Waals surface area contributed by atoms with Crippen LogP contribution >= 0.6 is 0 Å².